The van der Waals surface area contributed by atoms with Gasteiger partial charge in [0.25, 0.3) is 5.91 Å². The number of nitrogens with zero attached hydrogens (tertiary/aromatic N) is 3. The van der Waals surface area contributed by atoms with Crippen LogP contribution in [0.1, 0.15) is 37.5 Å². The van der Waals surface area contributed by atoms with Crippen LogP contribution in [0, 0.1) is 12.7 Å². The zero-order valence-corrected chi connectivity index (χ0v) is 19.8. The Morgan fingerprint density at radius 3 is 2.85 bits per heavy atom. The molecule has 2 N–H and O–H groups in total. The fourth-order valence-electron chi connectivity index (χ4n) is 4.57. The van der Waals surface area contributed by atoms with E-state index in [1.165, 1.54) is 17.2 Å². The molecule has 1 amide bonds. The van der Waals surface area contributed by atoms with Gasteiger partial charge in [0.05, 0.1) is 11.4 Å². The molecule has 1 aromatic heterocycles. The molecular formula is C26H28FN5O2. The molecule has 3 aromatic rings. The molecule has 5 rings (SSSR count). The molecule has 176 valence electrons. The third kappa shape index (κ3) is 3.98. The van der Waals surface area contributed by atoms with Crippen LogP contribution >= 0.6 is 0 Å². The summed E-state index contributed by atoms with van der Waals surface area (Å²) in [7, 11) is 0. The minimum Gasteiger partial charge on any atom is -0.476 e. The number of aryl methyl sites for hydroxylation is 1. The molecule has 0 bridgehead atoms. The molecule has 0 spiro atoms. The number of fused-ring (bicyclic) bond motifs is 2. The van der Waals surface area contributed by atoms with Crippen molar-refractivity contribution in [2.75, 3.05) is 16.8 Å². The molecule has 2 aliphatic rings. The van der Waals surface area contributed by atoms with E-state index in [0.717, 1.165) is 30.8 Å². The maximum atomic E-state index is 15.2. The molecule has 2 aliphatic heterocycles. The van der Waals surface area contributed by atoms with Crippen molar-refractivity contribution in [3.05, 3.63) is 59.0 Å². The Balaban J connectivity index is 1.52. The first-order valence-electron chi connectivity index (χ1n) is 11.6. The van der Waals surface area contributed by atoms with Crippen molar-refractivity contribution < 1.29 is 13.9 Å². The first kappa shape index (κ1) is 22.3. The van der Waals surface area contributed by atoms with Gasteiger partial charge in [0.1, 0.15) is 0 Å². The number of benzene rings is 2. The molecule has 8 heteroatoms. The Labute approximate surface area is 198 Å². The lowest BCUT2D eigenvalue weighted by Crippen LogP contribution is -2.48. The van der Waals surface area contributed by atoms with Gasteiger partial charge >= 0.3 is 0 Å². The van der Waals surface area contributed by atoms with E-state index in [2.05, 4.69) is 27.8 Å². The number of aromatic nitrogens is 2. The van der Waals surface area contributed by atoms with E-state index in [-0.39, 0.29) is 17.7 Å². The molecule has 1 atom stereocenters. The zero-order valence-electron chi connectivity index (χ0n) is 19.8. The van der Waals surface area contributed by atoms with E-state index in [0.29, 0.717) is 22.9 Å². The average Bonchev–Trinajstić information content (AvgIpc) is 2.81. The normalized spacial score (nSPS) is 17.3. The van der Waals surface area contributed by atoms with E-state index < -0.39 is 11.9 Å². The van der Waals surface area contributed by atoms with Crippen molar-refractivity contribution in [2.45, 2.75) is 52.8 Å². The van der Waals surface area contributed by atoms with Crippen LogP contribution in [-0.2, 0) is 17.8 Å². The summed E-state index contributed by atoms with van der Waals surface area (Å²) in [5, 5.41) is 6.66. The fraction of sp³-hybridized carbons (Fsp3) is 0.346. The van der Waals surface area contributed by atoms with E-state index >= 15 is 4.39 Å². The van der Waals surface area contributed by atoms with Crippen molar-refractivity contribution >= 4 is 23.2 Å². The van der Waals surface area contributed by atoms with Crippen LogP contribution < -0.4 is 20.3 Å². The summed E-state index contributed by atoms with van der Waals surface area (Å²) in [6, 6.07) is 9.29. The monoisotopic (exact) mass is 461 g/mol. The first-order chi connectivity index (χ1) is 16.3. The van der Waals surface area contributed by atoms with Crippen LogP contribution in [0.4, 0.5) is 21.7 Å². The molecule has 0 fully saturated rings. The second-order valence-corrected chi connectivity index (χ2v) is 9.13. The highest BCUT2D eigenvalue weighted by Crippen LogP contribution is 2.41. The number of halogens is 1. The molecule has 0 radical (unpaired) electrons. The number of carbonyl (C=O) groups is 1. The van der Waals surface area contributed by atoms with E-state index in [1.807, 2.05) is 26.8 Å². The number of nitrogens with one attached hydrogen (secondary N) is 2. The van der Waals surface area contributed by atoms with Gasteiger partial charge < -0.3 is 20.3 Å². The van der Waals surface area contributed by atoms with Gasteiger partial charge in [0.2, 0.25) is 5.95 Å². The molecule has 2 aromatic carbocycles. The molecule has 1 unspecified atom stereocenters. The van der Waals surface area contributed by atoms with Crippen LogP contribution in [0.2, 0.25) is 0 Å². The van der Waals surface area contributed by atoms with Gasteiger partial charge in [-0.25, -0.2) is 14.4 Å². The average molecular weight is 462 g/mol. The summed E-state index contributed by atoms with van der Waals surface area (Å²) in [5.41, 5.74) is 5.87. The van der Waals surface area contributed by atoms with Crippen molar-refractivity contribution in [1.29, 1.82) is 0 Å². The van der Waals surface area contributed by atoms with Crippen LogP contribution in [0.15, 0.2) is 36.5 Å². The second-order valence-electron chi connectivity index (χ2n) is 9.13. The highest BCUT2D eigenvalue weighted by molar-refractivity contribution is 6.01. The van der Waals surface area contributed by atoms with Crippen LogP contribution in [0.3, 0.4) is 0 Å². The predicted molar refractivity (Wildman–Crippen MR) is 130 cm³/mol. The Morgan fingerprint density at radius 1 is 1.24 bits per heavy atom. The SMILES string of the molecule is Cc1cnc(Nc2ccc3c(c2)CNCC3)nc1-c1cc(F)c2c(c1)N(C(C)C)C(=O)C(C)O2. The quantitative estimate of drug-likeness (QED) is 0.596. The minimum atomic E-state index is -0.737. The van der Waals surface area contributed by atoms with E-state index in [1.54, 1.807) is 24.1 Å². The van der Waals surface area contributed by atoms with Crippen LogP contribution in [-0.4, -0.2) is 34.6 Å². The topological polar surface area (TPSA) is 79.4 Å². The van der Waals surface area contributed by atoms with Gasteiger partial charge in [-0.3, -0.25) is 4.79 Å². The number of carbonyl (C=O) groups excluding carboxylic acids is 1. The Bertz CT molecular complexity index is 1280. The second kappa shape index (κ2) is 8.68. The van der Waals surface area contributed by atoms with Crippen molar-refractivity contribution in [3.8, 4) is 17.0 Å². The molecule has 34 heavy (non-hydrogen) atoms. The Kier molecular flexibility index (Phi) is 5.69. The molecule has 0 aliphatic carbocycles. The smallest absolute Gasteiger partial charge is 0.268 e. The lowest BCUT2D eigenvalue weighted by atomic mass is 10.0. The summed E-state index contributed by atoms with van der Waals surface area (Å²) in [6.07, 6.45) is 1.99. The van der Waals surface area contributed by atoms with Gasteiger partial charge in [-0.1, -0.05) is 6.07 Å². The molecular weight excluding hydrogens is 433 g/mol. The van der Waals surface area contributed by atoms with Gasteiger partial charge in [-0.2, -0.15) is 0 Å². The third-order valence-corrected chi connectivity index (χ3v) is 6.27. The number of amides is 1. The number of ether oxygens (including phenoxy) is 1. The maximum Gasteiger partial charge on any atom is 0.268 e. The van der Waals surface area contributed by atoms with E-state index in [4.69, 9.17) is 9.72 Å². The van der Waals surface area contributed by atoms with Crippen LogP contribution in [0.25, 0.3) is 11.3 Å². The van der Waals surface area contributed by atoms with Gasteiger partial charge in [0, 0.05) is 30.0 Å². The largest absolute Gasteiger partial charge is 0.476 e. The van der Waals surface area contributed by atoms with Crippen molar-refractivity contribution in [3.63, 3.8) is 0 Å². The Hall–Kier alpha value is -3.52. The van der Waals surface area contributed by atoms with Gasteiger partial charge in [0.15, 0.2) is 17.7 Å². The molecule has 0 saturated heterocycles. The van der Waals surface area contributed by atoms with Crippen molar-refractivity contribution in [2.24, 2.45) is 0 Å². The predicted octanol–water partition coefficient (Wildman–Crippen LogP) is 4.50. The molecule has 3 heterocycles. The standard InChI is InChI=1S/C26H28FN5O2/c1-14(2)32-22-11-18(10-21(27)24(22)34-16(4)25(32)33)23-15(3)12-29-26(31-23)30-20-6-5-17-7-8-28-13-19(17)9-20/h5-6,9-12,14,16,28H,7-8,13H2,1-4H3,(H,29,30,31). The Morgan fingerprint density at radius 2 is 2.06 bits per heavy atom. The summed E-state index contributed by atoms with van der Waals surface area (Å²) >= 11 is 0. The lowest BCUT2D eigenvalue weighted by molar-refractivity contribution is -0.126. The zero-order chi connectivity index (χ0) is 24.0. The molecule has 7 nitrogen and oxygen atoms in total. The van der Waals surface area contributed by atoms with Gasteiger partial charge in [-0.05, 0) is 81.6 Å². The number of hydrogen-bond donors (Lipinski definition) is 2. The maximum absolute atomic E-state index is 15.2. The van der Waals surface area contributed by atoms with Crippen molar-refractivity contribution in [1.82, 2.24) is 15.3 Å². The highest BCUT2D eigenvalue weighted by Gasteiger charge is 2.35. The lowest BCUT2D eigenvalue weighted by Gasteiger charge is -2.36. The summed E-state index contributed by atoms with van der Waals surface area (Å²) < 4.78 is 20.8. The summed E-state index contributed by atoms with van der Waals surface area (Å²) in [6.45, 7) is 9.14. The van der Waals surface area contributed by atoms with E-state index in [9.17, 15) is 4.79 Å². The van der Waals surface area contributed by atoms with Crippen LogP contribution in [0.5, 0.6) is 5.75 Å². The number of anilines is 3. The highest BCUT2D eigenvalue weighted by atomic mass is 19.1. The van der Waals surface area contributed by atoms with Gasteiger partial charge in [-0.15, -0.1) is 0 Å². The molecule has 0 saturated carbocycles. The first-order valence-corrected chi connectivity index (χ1v) is 11.6. The fourth-order valence-corrected chi connectivity index (χ4v) is 4.57. The minimum absolute atomic E-state index is 0.0947. The third-order valence-electron chi connectivity index (χ3n) is 6.27. The summed E-state index contributed by atoms with van der Waals surface area (Å²) in [4.78, 5) is 23.5. The summed E-state index contributed by atoms with van der Waals surface area (Å²) in [5.74, 6) is -0.198. The number of rotatable bonds is 4. The number of hydrogen-bond acceptors (Lipinski definition) is 6.